The summed E-state index contributed by atoms with van der Waals surface area (Å²) in [6.07, 6.45) is 5.98. The lowest BCUT2D eigenvalue weighted by atomic mass is 10.5. The lowest BCUT2D eigenvalue weighted by Crippen LogP contribution is -2.37. The van der Waals surface area contributed by atoms with Crippen molar-refractivity contribution in [2.75, 3.05) is 39.6 Å². The lowest BCUT2D eigenvalue weighted by Gasteiger charge is -2.29. The molecule has 0 heterocycles. The largest absolute Gasteiger partial charge is 0.473 e. The van der Waals surface area contributed by atoms with Gasteiger partial charge in [0.25, 0.3) is 0 Å². The Hall–Kier alpha value is -0.960. The van der Waals surface area contributed by atoms with E-state index in [9.17, 15) is 0 Å². The lowest BCUT2D eigenvalue weighted by molar-refractivity contribution is -0.346. The quantitative estimate of drug-likeness (QED) is 0.307. The normalized spacial score (nSPS) is 13.2. The highest BCUT2D eigenvalue weighted by molar-refractivity contribution is 4.91. The van der Waals surface area contributed by atoms with Crippen molar-refractivity contribution in [3.63, 3.8) is 0 Å². The minimum atomic E-state index is -1.26. The number of rotatable bonds is 16. The molecule has 7 nitrogen and oxygen atoms in total. The fourth-order valence-corrected chi connectivity index (χ4v) is 2.04. The second kappa shape index (κ2) is 14.2. The molecule has 148 valence electrons. The van der Waals surface area contributed by atoms with Crippen molar-refractivity contribution in [1.82, 2.24) is 0 Å². The predicted octanol–water partition coefficient (Wildman–Crippen LogP) is 3.56. The molecular weight excluding hydrogens is 328 g/mol. The van der Waals surface area contributed by atoms with Crippen LogP contribution in [0.25, 0.3) is 0 Å². The van der Waals surface area contributed by atoms with Crippen molar-refractivity contribution >= 4 is 0 Å². The topological polar surface area (TPSA) is 64.6 Å². The van der Waals surface area contributed by atoms with Crippen LogP contribution in [0, 0.1) is 0 Å². The molecule has 0 rings (SSSR count). The Morgan fingerprint density at radius 3 is 0.920 bits per heavy atom. The molecule has 0 radical (unpaired) electrons. The monoisotopic (exact) mass is 362 g/mol. The van der Waals surface area contributed by atoms with E-state index >= 15 is 0 Å². The SMILES string of the molecule is CCOC(C=COC=CC(OCC)(OCC)OCC)(OCC)OCC. The maximum Gasteiger partial charge on any atom is 0.307 e. The summed E-state index contributed by atoms with van der Waals surface area (Å²) in [5.74, 6) is -2.52. The minimum absolute atomic E-state index is 0.433. The van der Waals surface area contributed by atoms with Gasteiger partial charge in [0.2, 0.25) is 0 Å². The molecular formula is C18H34O7. The summed E-state index contributed by atoms with van der Waals surface area (Å²) in [6, 6.07) is 0. The van der Waals surface area contributed by atoms with E-state index in [2.05, 4.69) is 0 Å². The van der Waals surface area contributed by atoms with E-state index in [1.165, 1.54) is 12.5 Å². The Labute approximate surface area is 151 Å². The van der Waals surface area contributed by atoms with Crippen molar-refractivity contribution < 1.29 is 33.2 Å². The standard InChI is InChI=1S/C18H34O7/c1-7-20-17(21-8-2,22-9-3)13-15-19-16-14-18(23-10-4,24-11-5)25-12-6/h13-16H,7-12H2,1-6H3. The van der Waals surface area contributed by atoms with Crippen LogP contribution in [-0.2, 0) is 33.2 Å². The molecule has 0 saturated carbocycles. The van der Waals surface area contributed by atoms with Gasteiger partial charge in [-0.2, -0.15) is 0 Å². The van der Waals surface area contributed by atoms with E-state index in [1.54, 1.807) is 12.2 Å². The molecule has 0 atom stereocenters. The summed E-state index contributed by atoms with van der Waals surface area (Å²) >= 11 is 0. The molecule has 0 unspecified atom stereocenters. The fraction of sp³-hybridized carbons (Fsp3) is 0.778. The van der Waals surface area contributed by atoms with Crippen molar-refractivity contribution in [3.8, 4) is 0 Å². The van der Waals surface area contributed by atoms with E-state index in [0.717, 1.165) is 0 Å². The molecule has 0 aliphatic rings. The maximum absolute atomic E-state index is 5.56. The van der Waals surface area contributed by atoms with E-state index in [4.69, 9.17) is 33.2 Å². The molecule has 0 N–H and O–H groups in total. The summed E-state index contributed by atoms with van der Waals surface area (Å²) in [5.41, 5.74) is 0. The highest BCUT2D eigenvalue weighted by atomic mass is 16.9. The molecule has 0 aromatic carbocycles. The molecule has 0 aliphatic carbocycles. The van der Waals surface area contributed by atoms with Crippen molar-refractivity contribution in [1.29, 1.82) is 0 Å². The van der Waals surface area contributed by atoms with Gasteiger partial charge in [0.15, 0.2) is 0 Å². The molecule has 0 saturated heterocycles. The second-order valence-electron chi connectivity index (χ2n) is 4.55. The smallest absolute Gasteiger partial charge is 0.307 e. The van der Waals surface area contributed by atoms with Crippen LogP contribution in [0.4, 0.5) is 0 Å². The van der Waals surface area contributed by atoms with Gasteiger partial charge in [-0.1, -0.05) is 0 Å². The summed E-state index contributed by atoms with van der Waals surface area (Å²) in [5, 5.41) is 0. The molecule has 0 aromatic heterocycles. The van der Waals surface area contributed by atoms with Gasteiger partial charge >= 0.3 is 11.9 Å². The molecule has 0 fully saturated rings. The van der Waals surface area contributed by atoms with Gasteiger partial charge in [-0.25, -0.2) is 0 Å². The molecule has 7 heteroatoms. The number of hydrogen-bond acceptors (Lipinski definition) is 7. The summed E-state index contributed by atoms with van der Waals surface area (Å²) < 4.78 is 38.8. The zero-order valence-corrected chi connectivity index (χ0v) is 16.4. The first kappa shape index (κ1) is 24.0. The number of hydrogen-bond donors (Lipinski definition) is 0. The van der Waals surface area contributed by atoms with Crippen LogP contribution in [0.1, 0.15) is 41.5 Å². The Morgan fingerprint density at radius 1 is 0.480 bits per heavy atom. The van der Waals surface area contributed by atoms with Crippen LogP contribution in [0.15, 0.2) is 24.7 Å². The predicted molar refractivity (Wildman–Crippen MR) is 94.6 cm³/mol. The molecule has 0 bridgehead atoms. The Balaban J connectivity index is 4.97. The fourth-order valence-electron chi connectivity index (χ4n) is 2.04. The van der Waals surface area contributed by atoms with Crippen LogP contribution in [0.5, 0.6) is 0 Å². The zero-order chi connectivity index (χ0) is 19.0. The molecule has 0 aromatic rings. The van der Waals surface area contributed by atoms with Crippen LogP contribution >= 0.6 is 0 Å². The summed E-state index contributed by atoms with van der Waals surface area (Å²) in [7, 11) is 0. The first-order chi connectivity index (χ1) is 12.1. The van der Waals surface area contributed by atoms with E-state index < -0.39 is 11.9 Å². The van der Waals surface area contributed by atoms with E-state index in [-0.39, 0.29) is 0 Å². The first-order valence-corrected chi connectivity index (χ1v) is 8.91. The van der Waals surface area contributed by atoms with Crippen LogP contribution in [0.3, 0.4) is 0 Å². The van der Waals surface area contributed by atoms with Gasteiger partial charge in [-0.3, -0.25) is 0 Å². The maximum atomic E-state index is 5.56. The van der Waals surface area contributed by atoms with Gasteiger partial charge in [-0.05, 0) is 41.5 Å². The average molecular weight is 362 g/mol. The molecule has 25 heavy (non-hydrogen) atoms. The summed E-state index contributed by atoms with van der Waals surface area (Å²) in [4.78, 5) is 0. The van der Waals surface area contributed by atoms with Crippen LogP contribution in [0.2, 0.25) is 0 Å². The highest BCUT2D eigenvalue weighted by Crippen LogP contribution is 2.19. The second-order valence-corrected chi connectivity index (χ2v) is 4.55. The zero-order valence-electron chi connectivity index (χ0n) is 16.4. The van der Waals surface area contributed by atoms with Gasteiger partial charge in [0.05, 0.1) is 12.5 Å². The number of ether oxygens (including phenoxy) is 7. The Morgan fingerprint density at radius 2 is 0.720 bits per heavy atom. The molecule has 0 amide bonds. The van der Waals surface area contributed by atoms with Crippen molar-refractivity contribution in [3.05, 3.63) is 24.7 Å². The molecule has 0 spiro atoms. The van der Waals surface area contributed by atoms with Gasteiger partial charge in [0, 0.05) is 51.8 Å². The van der Waals surface area contributed by atoms with Gasteiger partial charge in [-0.15, -0.1) is 0 Å². The third kappa shape index (κ3) is 9.34. The Kier molecular flexibility index (Phi) is 13.7. The minimum Gasteiger partial charge on any atom is -0.473 e. The summed E-state index contributed by atoms with van der Waals surface area (Å²) in [6.45, 7) is 13.8. The molecule has 0 aliphatic heterocycles. The van der Waals surface area contributed by atoms with Crippen molar-refractivity contribution in [2.24, 2.45) is 0 Å². The third-order valence-corrected chi connectivity index (χ3v) is 2.77. The highest BCUT2D eigenvalue weighted by Gasteiger charge is 2.30. The van der Waals surface area contributed by atoms with E-state index in [0.29, 0.717) is 39.6 Å². The third-order valence-electron chi connectivity index (χ3n) is 2.77. The van der Waals surface area contributed by atoms with Gasteiger partial charge in [0.1, 0.15) is 0 Å². The van der Waals surface area contributed by atoms with Crippen LogP contribution < -0.4 is 0 Å². The van der Waals surface area contributed by atoms with E-state index in [1.807, 2.05) is 41.5 Å². The van der Waals surface area contributed by atoms with Crippen LogP contribution in [-0.4, -0.2) is 51.6 Å². The van der Waals surface area contributed by atoms with Gasteiger partial charge < -0.3 is 33.2 Å². The van der Waals surface area contributed by atoms with Crippen molar-refractivity contribution in [2.45, 2.75) is 53.5 Å². The Bertz CT molecular complexity index is 300. The average Bonchev–Trinajstić information content (AvgIpc) is 2.56. The first-order valence-electron chi connectivity index (χ1n) is 8.91.